The molecular weight excluding hydrogens is 222 g/mol. The number of rotatable bonds is 1. The van der Waals surface area contributed by atoms with E-state index in [1.54, 1.807) is 0 Å². The molecule has 1 aromatic heterocycles. The molecule has 0 bridgehead atoms. The van der Waals surface area contributed by atoms with E-state index in [-0.39, 0.29) is 0 Å². The number of hydrogen-bond donors (Lipinski definition) is 1. The number of aryl methyl sites for hydroxylation is 1. The zero-order valence-electron chi connectivity index (χ0n) is 11.2. The van der Waals surface area contributed by atoms with Crippen molar-refractivity contribution in [2.75, 3.05) is 6.54 Å². The molecule has 0 saturated heterocycles. The predicted octanol–water partition coefficient (Wildman–Crippen LogP) is 2.44. The summed E-state index contributed by atoms with van der Waals surface area (Å²) in [5, 5.41) is 8.05. The van der Waals surface area contributed by atoms with Gasteiger partial charge in [-0.15, -0.1) is 0 Å². The molecule has 1 aromatic carbocycles. The summed E-state index contributed by atoms with van der Waals surface area (Å²) in [5.74, 6) is 0. The Morgan fingerprint density at radius 3 is 2.72 bits per heavy atom. The summed E-state index contributed by atoms with van der Waals surface area (Å²) in [4.78, 5) is 0. The van der Waals surface area contributed by atoms with Crippen LogP contribution >= 0.6 is 0 Å². The summed E-state index contributed by atoms with van der Waals surface area (Å²) in [5.41, 5.74) is 7.68. The molecule has 0 saturated carbocycles. The van der Waals surface area contributed by atoms with Gasteiger partial charge >= 0.3 is 0 Å². The van der Waals surface area contributed by atoms with Gasteiger partial charge in [0.15, 0.2) is 0 Å². The van der Waals surface area contributed by atoms with Crippen molar-refractivity contribution < 1.29 is 0 Å². The van der Waals surface area contributed by atoms with Crippen LogP contribution < -0.4 is 5.32 Å². The van der Waals surface area contributed by atoms with E-state index in [2.05, 4.69) is 54.1 Å². The Bertz CT molecular complexity index is 596. The summed E-state index contributed by atoms with van der Waals surface area (Å²) < 4.78 is 2.06. The SMILES string of the molecule is Cc1nn(-c2ccc3c(c2)CNCC3)c(C)c1C. The van der Waals surface area contributed by atoms with E-state index in [0.717, 1.165) is 25.2 Å². The Balaban J connectivity index is 2.09. The molecule has 0 aliphatic carbocycles. The van der Waals surface area contributed by atoms with Crippen LogP contribution in [0, 0.1) is 20.8 Å². The second kappa shape index (κ2) is 4.25. The van der Waals surface area contributed by atoms with Crippen LogP contribution in [0.2, 0.25) is 0 Å². The molecular formula is C15H19N3. The van der Waals surface area contributed by atoms with E-state index in [9.17, 15) is 0 Å². The molecule has 0 radical (unpaired) electrons. The lowest BCUT2D eigenvalue weighted by atomic mass is 10.0. The van der Waals surface area contributed by atoms with Gasteiger partial charge < -0.3 is 5.32 Å². The topological polar surface area (TPSA) is 29.9 Å². The highest BCUT2D eigenvalue weighted by molar-refractivity contribution is 5.43. The molecule has 0 fully saturated rings. The van der Waals surface area contributed by atoms with E-state index >= 15 is 0 Å². The largest absolute Gasteiger partial charge is 0.312 e. The average molecular weight is 241 g/mol. The first-order chi connectivity index (χ1) is 8.66. The third-order valence-electron chi connectivity index (χ3n) is 3.97. The Labute approximate surface area is 108 Å². The minimum Gasteiger partial charge on any atom is -0.312 e. The molecule has 3 rings (SSSR count). The second-order valence-corrected chi connectivity index (χ2v) is 5.09. The van der Waals surface area contributed by atoms with Crippen molar-refractivity contribution in [2.45, 2.75) is 33.7 Å². The van der Waals surface area contributed by atoms with Gasteiger partial charge in [0.25, 0.3) is 0 Å². The van der Waals surface area contributed by atoms with Crippen molar-refractivity contribution in [3.05, 3.63) is 46.3 Å². The Kier molecular flexibility index (Phi) is 2.71. The Morgan fingerprint density at radius 1 is 1.17 bits per heavy atom. The summed E-state index contributed by atoms with van der Waals surface area (Å²) in [6.07, 6.45) is 1.13. The van der Waals surface area contributed by atoms with E-state index in [0.29, 0.717) is 0 Å². The molecule has 3 heteroatoms. The first-order valence-corrected chi connectivity index (χ1v) is 6.52. The van der Waals surface area contributed by atoms with Crippen LogP contribution in [0.5, 0.6) is 0 Å². The fraction of sp³-hybridized carbons (Fsp3) is 0.400. The maximum atomic E-state index is 4.63. The number of hydrogen-bond acceptors (Lipinski definition) is 2. The molecule has 3 nitrogen and oxygen atoms in total. The molecule has 0 atom stereocenters. The van der Waals surface area contributed by atoms with E-state index in [1.165, 1.54) is 28.1 Å². The van der Waals surface area contributed by atoms with E-state index in [1.807, 2.05) is 0 Å². The highest BCUT2D eigenvalue weighted by Crippen LogP contribution is 2.21. The van der Waals surface area contributed by atoms with Crippen molar-refractivity contribution in [3.8, 4) is 5.69 Å². The van der Waals surface area contributed by atoms with Gasteiger partial charge in [-0.3, -0.25) is 0 Å². The van der Waals surface area contributed by atoms with Crippen LogP contribution in [-0.4, -0.2) is 16.3 Å². The van der Waals surface area contributed by atoms with Gasteiger partial charge in [0.1, 0.15) is 0 Å². The summed E-state index contributed by atoms with van der Waals surface area (Å²) in [7, 11) is 0. The molecule has 0 unspecified atom stereocenters. The van der Waals surface area contributed by atoms with E-state index < -0.39 is 0 Å². The summed E-state index contributed by atoms with van der Waals surface area (Å²) in [6, 6.07) is 6.70. The first kappa shape index (κ1) is 11.5. The normalized spacial score (nSPS) is 14.6. The van der Waals surface area contributed by atoms with Crippen LogP contribution in [0.25, 0.3) is 5.69 Å². The molecule has 18 heavy (non-hydrogen) atoms. The van der Waals surface area contributed by atoms with Crippen molar-refractivity contribution in [1.29, 1.82) is 0 Å². The summed E-state index contributed by atoms with van der Waals surface area (Å²) in [6.45, 7) is 8.40. The number of nitrogens with one attached hydrogen (secondary N) is 1. The molecule has 1 aliphatic rings. The minimum atomic E-state index is 0.974. The third-order valence-corrected chi connectivity index (χ3v) is 3.97. The lowest BCUT2D eigenvalue weighted by molar-refractivity contribution is 0.642. The fourth-order valence-corrected chi connectivity index (χ4v) is 2.57. The zero-order chi connectivity index (χ0) is 12.7. The van der Waals surface area contributed by atoms with Gasteiger partial charge in [0.05, 0.1) is 11.4 Å². The fourth-order valence-electron chi connectivity index (χ4n) is 2.57. The zero-order valence-corrected chi connectivity index (χ0v) is 11.2. The molecule has 2 aromatic rings. The van der Waals surface area contributed by atoms with Gasteiger partial charge in [-0.1, -0.05) is 6.07 Å². The van der Waals surface area contributed by atoms with Crippen LogP contribution in [0.1, 0.15) is 28.1 Å². The van der Waals surface area contributed by atoms with Crippen LogP contribution in [0.15, 0.2) is 18.2 Å². The smallest absolute Gasteiger partial charge is 0.0652 e. The number of benzene rings is 1. The van der Waals surface area contributed by atoms with Gasteiger partial charge in [-0.05, 0) is 62.6 Å². The monoisotopic (exact) mass is 241 g/mol. The Morgan fingerprint density at radius 2 is 2.00 bits per heavy atom. The summed E-state index contributed by atoms with van der Waals surface area (Å²) >= 11 is 0. The van der Waals surface area contributed by atoms with E-state index in [4.69, 9.17) is 0 Å². The lowest BCUT2D eigenvalue weighted by Gasteiger charge is -2.18. The molecule has 2 heterocycles. The van der Waals surface area contributed by atoms with Crippen molar-refractivity contribution >= 4 is 0 Å². The first-order valence-electron chi connectivity index (χ1n) is 6.52. The molecule has 0 spiro atoms. The third kappa shape index (κ3) is 1.75. The minimum absolute atomic E-state index is 0.974. The standard InChI is InChI=1S/C15H19N3/c1-10-11(2)17-18(12(10)3)15-5-4-13-6-7-16-9-14(13)8-15/h4-5,8,16H,6-7,9H2,1-3H3. The van der Waals surface area contributed by atoms with Gasteiger partial charge in [-0.25, -0.2) is 4.68 Å². The highest BCUT2D eigenvalue weighted by Gasteiger charge is 2.12. The molecule has 1 N–H and O–H groups in total. The number of aromatic nitrogens is 2. The molecule has 0 amide bonds. The quantitative estimate of drug-likeness (QED) is 0.831. The van der Waals surface area contributed by atoms with Crippen LogP contribution in [0.3, 0.4) is 0 Å². The van der Waals surface area contributed by atoms with Crippen molar-refractivity contribution in [3.63, 3.8) is 0 Å². The number of nitrogens with zero attached hydrogens (tertiary/aromatic N) is 2. The average Bonchev–Trinajstić information content (AvgIpc) is 2.66. The second-order valence-electron chi connectivity index (χ2n) is 5.09. The van der Waals surface area contributed by atoms with Crippen molar-refractivity contribution in [1.82, 2.24) is 15.1 Å². The highest BCUT2D eigenvalue weighted by atomic mass is 15.3. The van der Waals surface area contributed by atoms with Crippen LogP contribution in [0.4, 0.5) is 0 Å². The molecule has 1 aliphatic heterocycles. The number of fused-ring (bicyclic) bond motifs is 1. The maximum Gasteiger partial charge on any atom is 0.0652 e. The van der Waals surface area contributed by atoms with Crippen molar-refractivity contribution in [2.24, 2.45) is 0 Å². The predicted molar refractivity (Wildman–Crippen MR) is 73.2 cm³/mol. The molecule has 94 valence electrons. The van der Waals surface area contributed by atoms with Gasteiger partial charge in [-0.2, -0.15) is 5.10 Å². The maximum absolute atomic E-state index is 4.63. The van der Waals surface area contributed by atoms with Gasteiger partial charge in [0.2, 0.25) is 0 Å². The lowest BCUT2D eigenvalue weighted by Crippen LogP contribution is -2.23. The Hall–Kier alpha value is -1.61. The van der Waals surface area contributed by atoms with Gasteiger partial charge in [0, 0.05) is 12.2 Å². The van der Waals surface area contributed by atoms with Crippen LogP contribution in [-0.2, 0) is 13.0 Å².